The first-order chi connectivity index (χ1) is 13.9. The Morgan fingerprint density at radius 2 is 1.79 bits per heavy atom. The number of rotatable bonds is 4. The zero-order chi connectivity index (χ0) is 20.5. The van der Waals surface area contributed by atoms with Gasteiger partial charge in [-0.15, -0.1) is 0 Å². The van der Waals surface area contributed by atoms with Gasteiger partial charge in [-0.3, -0.25) is 4.79 Å². The number of benzene rings is 2. The van der Waals surface area contributed by atoms with E-state index in [9.17, 15) is 4.79 Å². The summed E-state index contributed by atoms with van der Waals surface area (Å²) in [5, 5.41) is 2.62. The first kappa shape index (κ1) is 20.1. The SMILES string of the molecule is Cc1cc(OCC(=O)N2CCC(c3cc4cc(Cl)ccc4[nH]3)CC2)cc(C)c1Cl. The molecule has 0 bridgehead atoms. The van der Waals surface area contributed by atoms with Crippen molar-refractivity contribution in [3.63, 3.8) is 0 Å². The molecule has 152 valence electrons. The maximum absolute atomic E-state index is 12.6. The molecule has 6 heteroatoms. The Hall–Kier alpha value is -2.17. The van der Waals surface area contributed by atoms with Crippen LogP contribution in [0.4, 0.5) is 0 Å². The van der Waals surface area contributed by atoms with Crippen molar-refractivity contribution in [2.75, 3.05) is 19.7 Å². The second-order valence-corrected chi connectivity index (χ2v) is 8.59. The topological polar surface area (TPSA) is 45.3 Å². The molecule has 4 nitrogen and oxygen atoms in total. The molecule has 0 radical (unpaired) electrons. The summed E-state index contributed by atoms with van der Waals surface area (Å²) in [6, 6.07) is 11.8. The van der Waals surface area contributed by atoms with Crippen molar-refractivity contribution < 1.29 is 9.53 Å². The standard InChI is InChI=1S/C23H24Cl2N2O2/c1-14-9-19(10-15(2)23(14)25)29-13-22(28)27-7-5-16(6-8-27)21-12-17-11-18(24)3-4-20(17)26-21/h3-4,9-12,16,26H,5-8,13H2,1-2H3. The van der Waals surface area contributed by atoms with Crippen molar-refractivity contribution in [1.29, 1.82) is 0 Å². The van der Waals surface area contributed by atoms with Crippen LogP contribution in [0.1, 0.15) is 35.6 Å². The number of aromatic nitrogens is 1. The van der Waals surface area contributed by atoms with Gasteiger partial charge >= 0.3 is 0 Å². The highest BCUT2D eigenvalue weighted by Gasteiger charge is 2.25. The van der Waals surface area contributed by atoms with Crippen molar-refractivity contribution in [3.05, 3.63) is 63.3 Å². The number of nitrogens with zero attached hydrogens (tertiary/aromatic N) is 1. The number of H-pyrrole nitrogens is 1. The van der Waals surface area contributed by atoms with Gasteiger partial charge in [-0.25, -0.2) is 0 Å². The molecule has 0 aliphatic carbocycles. The number of hydrogen-bond donors (Lipinski definition) is 1. The van der Waals surface area contributed by atoms with E-state index in [1.165, 1.54) is 5.69 Å². The van der Waals surface area contributed by atoms with E-state index in [4.69, 9.17) is 27.9 Å². The minimum Gasteiger partial charge on any atom is -0.484 e. The van der Waals surface area contributed by atoms with E-state index in [-0.39, 0.29) is 12.5 Å². The second-order valence-electron chi connectivity index (χ2n) is 7.77. The predicted molar refractivity (Wildman–Crippen MR) is 118 cm³/mol. The summed E-state index contributed by atoms with van der Waals surface area (Å²) < 4.78 is 5.73. The lowest BCUT2D eigenvalue weighted by molar-refractivity contribution is -0.134. The average Bonchev–Trinajstić information content (AvgIpc) is 3.13. The highest BCUT2D eigenvalue weighted by molar-refractivity contribution is 6.32. The van der Waals surface area contributed by atoms with Crippen LogP contribution in [0.2, 0.25) is 10.0 Å². The van der Waals surface area contributed by atoms with Gasteiger partial charge in [0.1, 0.15) is 5.75 Å². The van der Waals surface area contributed by atoms with Crippen LogP contribution in [0.5, 0.6) is 5.75 Å². The van der Waals surface area contributed by atoms with Gasteiger partial charge in [0.2, 0.25) is 0 Å². The molecule has 1 aliphatic heterocycles. The van der Waals surface area contributed by atoms with E-state index in [0.29, 0.717) is 11.7 Å². The van der Waals surface area contributed by atoms with Crippen LogP contribution in [0.15, 0.2) is 36.4 Å². The fraction of sp³-hybridized carbons (Fsp3) is 0.348. The summed E-state index contributed by atoms with van der Waals surface area (Å²) in [6.07, 6.45) is 1.87. The molecule has 1 N–H and O–H groups in total. The lowest BCUT2D eigenvalue weighted by atomic mass is 9.93. The third-order valence-electron chi connectivity index (χ3n) is 5.66. The molecule has 1 aromatic heterocycles. The molecule has 2 heterocycles. The van der Waals surface area contributed by atoms with Crippen LogP contribution in [-0.4, -0.2) is 35.5 Å². The Morgan fingerprint density at radius 1 is 1.10 bits per heavy atom. The lowest BCUT2D eigenvalue weighted by Gasteiger charge is -2.31. The maximum Gasteiger partial charge on any atom is 0.260 e. The maximum atomic E-state index is 12.6. The third kappa shape index (κ3) is 4.39. The van der Waals surface area contributed by atoms with Crippen molar-refractivity contribution in [3.8, 4) is 5.75 Å². The fourth-order valence-corrected chi connectivity index (χ4v) is 4.30. The molecule has 0 saturated carbocycles. The number of aryl methyl sites for hydroxylation is 2. The highest BCUT2D eigenvalue weighted by atomic mass is 35.5. The van der Waals surface area contributed by atoms with E-state index in [1.807, 2.05) is 49.1 Å². The molecule has 3 aromatic rings. The van der Waals surface area contributed by atoms with Crippen LogP contribution >= 0.6 is 23.2 Å². The van der Waals surface area contributed by atoms with E-state index in [0.717, 1.165) is 58.0 Å². The summed E-state index contributed by atoms with van der Waals surface area (Å²) >= 11 is 12.3. The number of hydrogen-bond acceptors (Lipinski definition) is 2. The van der Waals surface area contributed by atoms with E-state index >= 15 is 0 Å². The first-order valence-corrected chi connectivity index (χ1v) is 10.6. The number of halogens is 2. The number of fused-ring (bicyclic) bond motifs is 1. The van der Waals surface area contributed by atoms with Gasteiger partial charge in [-0.05, 0) is 74.2 Å². The summed E-state index contributed by atoms with van der Waals surface area (Å²) in [5.41, 5.74) is 4.23. The minimum atomic E-state index is 0.0251. The average molecular weight is 431 g/mol. The molecule has 0 atom stereocenters. The van der Waals surface area contributed by atoms with Crippen LogP contribution in [-0.2, 0) is 4.79 Å². The zero-order valence-corrected chi connectivity index (χ0v) is 18.1. The highest BCUT2D eigenvalue weighted by Crippen LogP contribution is 2.31. The normalized spacial score (nSPS) is 15.1. The second kappa shape index (κ2) is 8.29. The quantitative estimate of drug-likeness (QED) is 0.561. The molecule has 29 heavy (non-hydrogen) atoms. The number of carbonyl (C=O) groups excluding carboxylic acids is 1. The molecule has 2 aromatic carbocycles. The summed E-state index contributed by atoms with van der Waals surface area (Å²) in [4.78, 5) is 18.0. The number of aromatic amines is 1. The van der Waals surface area contributed by atoms with Crippen LogP contribution in [0, 0.1) is 13.8 Å². The fourth-order valence-electron chi connectivity index (χ4n) is 4.01. The van der Waals surface area contributed by atoms with E-state index < -0.39 is 0 Å². The van der Waals surface area contributed by atoms with Gasteiger partial charge in [-0.2, -0.15) is 0 Å². The zero-order valence-electron chi connectivity index (χ0n) is 16.6. The number of nitrogens with one attached hydrogen (secondary N) is 1. The van der Waals surface area contributed by atoms with Gasteiger partial charge in [-0.1, -0.05) is 23.2 Å². The molecule has 1 aliphatic rings. The van der Waals surface area contributed by atoms with Gasteiger partial charge in [0.25, 0.3) is 5.91 Å². The number of ether oxygens (including phenoxy) is 1. The third-order valence-corrected chi connectivity index (χ3v) is 6.49. The van der Waals surface area contributed by atoms with Crippen molar-refractivity contribution in [2.24, 2.45) is 0 Å². The molecule has 0 spiro atoms. The number of amides is 1. The van der Waals surface area contributed by atoms with Gasteiger partial charge in [0.05, 0.1) is 0 Å². The Kier molecular flexibility index (Phi) is 5.75. The van der Waals surface area contributed by atoms with Crippen molar-refractivity contribution in [1.82, 2.24) is 9.88 Å². The van der Waals surface area contributed by atoms with Gasteiger partial charge in [0, 0.05) is 45.6 Å². The summed E-state index contributed by atoms with van der Waals surface area (Å²) in [7, 11) is 0. The minimum absolute atomic E-state index is 0.0251. The molecule has 0 unspecified atom stereocenters. The molecule has 1 saturated heterocycles. The Bertz CT molecular complexity index is 1030. The molecular formula is C23H24Cl2N2O2. The smallest absolute Gasteiger partial charge is 0.260 e. The number of likely N-dealkylation sites (tertiary alicyclic amines) is 1. The van der Waals surface area contributed by atoms with Crippen molar-refractivity contribution >= 4 is 40.0 Å². The monoisotopic (exact) mass is 430 g/mol. The molecular weight excluding hydrogens is 407 g/mol. The summed E-state index contributed by atoms with van der Waals surface area (Å²) in [5.74, 6) is 1.13. The molecule has 1 amide bonds. The Balaban J connectivity index is 1.33. The predicted octanol–water partition coefficient (Wildman–Crippen LogP) is 5.88. The number of carbonyl (C=O) groups is 1. The number of piperidine rings is 1. The van der Waals surface area contributed by atoms with Crippen molar-refractivity contribution in [2.45, 2.75) is 32.6 Å². The molecule has 1 fully saturated rings. The van der Waals surface area contributed by atoms with Crippen LogP contribution in [0.3, 0.4) is 0 Å². The first-order valence-electron chi connectivity index (χ1n) is 9.86. The van der Waals surface area contributed by atoms with E-state index in [1.54, 1.807) is 0 Å². The van der Waals surface area contributed by atoms with Crippen LogP contribution < -0.4 is 4.74 Å². The lowest BCUT2D eigenvalue weighted by Crippen LogP contribution is -2.40. The van der Waals surface area contributed by atoms with Crippen LogP contribution in [0.25, 0.3) is 10.9 Å². The molecule has 4 rings (SSSR count). The Morgan fingerprint density at radius 3 is 2.48 bits per heavy atom. The largest absolute Gasteiger partial charge is 0.484 e. The Labute approximate surface area is 180 Å². The van der Waals surface area contributed by atoms with Gasteiger partial charge in [0.15, 0.2) is 6.61 Å². The van der Waals surface area contributed by atoms with Gasteiger partial charge < -0.3 is 14.6 Å². The van der Waals surface area contributed by atoms with E-state index in [2.05, 4.69) is 11.1 Å². The summed E-state index contributed by atoms with van der Waals surface area (Å²) in [6.45, 7) is 5.40.